The predicted octanol–water partition coefficient (Wildman–Crippen LogP) is 4.36. The molecule has 4 aromatic carbocycles. The number of hydrogen-bond donors (Lipinski definition) is 2. The molecule has 0 aliphatic heterocycles. The van der Waals surface area contributed by atoms with E-state index in [4.69, 9.17) is 4.28 Å². The summed E-state index contributed by atoms with van der Waals surface area (Å²) in [6.45, 7) is -0.0668. The van der Waals surface area contributed by atoms with Gasteiger partial charge in [0.1, 0.15) is 11.8 Å². The fourth-order valence-corrected chi connectivity index (χ4v) is 4.61. The molecule has 2 N–H and O–H groups in total. The van der Waals surface area contributed by atoms with Crippen LogP contribution >= 0.6 is 0 Å². The second-order valence-corrected chi connectivity index (χ2v) is 9.35. The summed E-state index contributed by atoms with van der Waals surface area (Å²) in [5.74, 6) is -1.19. The van der Waals surface area contributed by atoms with Gasteiger partial charge in [0.15, 0.2) is 0 Å². The van der Waals surface area contributed by atoms with Gasteiger partial charge in [0, 0.05) is 6.42 Å². The third kappa shape index (κ3) is 5.60. The molecule has 0 radical (unpaired) electrons. The maximum Gasteiger partial charge on any atom is 0.323 e. The second-order valence-electron chi connectivity index (χ2n) is 7.82. The molecule has 0 saturated carbocycles. The molecule has 0 aromatic heterocycles. The van der Waals surface area contributed by atoms with E-state index in [1.807, 2.05) is 18.2 Å². The Morgan fingerprint density at radius 2 is 1.47 bits per heavy atom. The molecular formula is C26H23NO6S. The van der Waals surface area contributed by atoms with E-state index in [0.29, 0.717) is 11.1 Å². The first kappa shape index (κ1) is 23.4. The van der Waals surface area contributed by atoms with Crippen molar-refractivity contribution in [1.82, 2.24) is 5.06 Å². The minimum absolute atomic E-state index is 0.0321. The van der Waals surface area contributed by atoms with Gasteiger partial charge in [0.2, 0.25) is 0 Å². The number of phenols is 1. The Hall–Kier alpha value is -3.72. The highest BCUT2D eigenvalue weighted by atomic mass is 32.2. The third-order valence-corrected chi connectivity index (χ3v) is 6.60. The molecule has 1 atom stereocenters. The standard InChI is InChI=1S/C26H23NO6S/c28-23-13-10-19(11-14-23)16-25(26(29)30)27(18-20-6-2-1-3-7-20)33-34(31,32)24-15-12-21-8-4-5-9-22(21)17-24/h1-15,17,25,28H,16,18H2,(H,29,30)/t25-/m0/s1. The highest BCUT2D eigenvalue weighted by Crippen LogP contribution is 2.24. The zero-order valence-electron chi connectivity index (χ0n) is 18.1. The van der Waals surface area contributed by atoms with E-state index in [2.05, 4.69) is 0 Å². The molecule has 0 amide bonds. The molecule has 0 aliphatic rings. The first-order valence-electron chi connectivity index (χ1n) is 10.6. The van der Waals surface area contributed by atoms with E-state index in [1.54, 1.807) is 54.6 Å². The van der Waals surface area contributed by atoms with Crippen LogP contribution in [0.2, 0.25) is 0 Å². The zero-order valence-corrected chi connectivity index (χ0v) is 18.9. The molecule has 0 aliphatic carbocycles. The van der Waals surface area contributed by atoms with Crippen LogP contribution in [0.15, 0.2) is 102 Å². The van der Waals surface area contributed by atoms with Crippen molar-refractivity contribution < 1.29 is 27.7 Å². The first-order valence-corrected chi connectivity index (χ1v) is 12.0. The van der Waals surface area contributed by atoms with Crippen LogP contribution in [0.5, 0.6) is 5.75 Å². The predicted molar refractivity (Wildman–Crippen MR) is 127 cm³/mol. The number of carboxylic acid groups (broad SMARTS) is 1. The van der Waals surface area contributed by atoms with Crippen LogP contribution in [0.3, 0.4) is 0 Å². The van der Waals surface area contributed by atoms with Gasteiger partial charge in [-0.15, -0.1) is 0 Å². The molecule has 8 heteroatoms. The van der Waals surface area contributed by atoms with Crippen molar-refractivity contribution in [2.75, 3.05) is 0 Å². The number of phenolic OH excluding ortho intramolecular Hbond substituents is 1. The molecule has 0 fully saturated rings. The highest BCUT2D eigenvalue weighted by Gasteiger charge is 2.32. The van der Waals surface area contributed by atoms with Gasteiger partial charge in [-0.25, -0.2) is 0 Å². The number of carboxylic acids is 1. The number of aliphatic carboxylic acids is 1. The van der Waals surface area contributed by atoms with Crippen molar-refractivity contribution in [2.45, 2.75) is 23.9 Å². The molecule has 0 unspecified atom stereocenters. The van der Waals surface area contributed by atoms with Crippen LogP contribution in [0.1, 0.15) is 11.1 Å². The van der Waals surface area contributed by atoms with Crippen LogP contribution in [0.4, 0.5) is 0 Å². The summed E-state index contributed by atoms with van der Waals surface area (Å²) >= 11 is 0. The van der Waals surface area contributed by atoms with Crippen LogP contribution in [0.25, 0.3) is 10.8 Å². The summed E-state index contributed by atoms with van der Waals surface area (Å²) in [7, 11) is -4.33. The normalized spacial score (nSPS) is 12.6. The van der Waals surface area contributed by atoms with E-state index in [0.717, 1.165) is 15.8 Å². The van der Waals surface area contributed by atoms with Gasteiger partial charge in [0.05, 0.1) is 11.4 Å². The number of benzene rings is 4. The maximum atomic E-state index is 13.2. The lowest BCUT2D eigenvalue weighted by atomic mass is 10.1. The van der Waals surface area contributed by atoms with Gasteiger partial charge in [-0.05, 0) is 46.2 Å². The summed E-state index contributed by atoms with van der Waals surface area (Å²) in [4.78, 5) is 12.2. The van der Waals surface area contributed by atoms with E-state index >= 15 is 0 Å². The number of carbonyl (C=O) groups is 1. The van der Waals surface area contributed by atoms with Crippen LogP contribution in [-0.4, -0.2) is 35.7 Å². The lowest BCUT2D eigenvalue weighted by molar-refractivity contribution is -0.161. The van der Waals surface area contributed by atoms with Gasteiger partial charge in [0.25, 0.3) is 0 Å². The minimum atomic E-state index is -4.33. The maximum absolute atomic E-state index is 13.2. The van der Waals surface area contributed by atoms with E-state index in [9.17, 15) is 23.4 Å². The van der Waals surface area contributed by atoms with Gasteiger partial charge < -0.3 is 10.2 Å². The van der Waals surface area contributed by atoms with Gasteiger partial charge in [-0.3, -0.25) is 4.79 Å². The molecule has 0 spiro atoms. The van der Waals surface area contributed by atoms with Gasteiger partial charge in [-0.2, -0.15) is 17.8 Å². The van der Waals surface area contributed by atoms with Crippen LogP contribution < -0.4 is 0 Å². The molecule has 4 aromatic rings. The lowest BCUT2D eigenvalue weighted by Crippen LogP contribution is -2.43. The quantitative estimate of drug-likeness (QED) is 0.345. The van der Waals surface area contributed by atoms with Crippen LogP contribution in [-0.2, 0) is 32.2 Å². The average molecular weight is 478 g/mol. The molecular weight excluding hydrogens is 454 g/mol. The Labute approximate surface area is 197 Å². The summed E-state index contributed by atoms with van der Waals surface area (Å²) in [5.41, 5.74) is 1.29. The van der Waals surface area contributed by atoms with Crippen molar-refractivity contribution >= 4 is 26.9 Å². The lowest BCUT2D eigenvalue weighted by Gasteiger charge is -2.27. The Balaban J connectivity index is 1.68. The molecule has 4 rings (SSSR count). The molecule has 174 valence electrons. The van der Waals surface area contributed by atoms with E-state index < -0.39 is 22.1 Å². The molecule has 0 heterocycles. The Bertz CT molecular complexity index is 1390. The molecule has 34 heavy (non-hydrogen) atoms. The number of hydrogen-bond acceptors (Lipinski definition) is 6. The smallest absolute Gasteiger partial charge is 0.323 e. The largest absolute Gasteiger partial charge is 0.508 e. The number of fused-ring (bicyclic) bond motifs is 1. The monoisotopic (exact) mass is 477 g/mol. The second kappa shape index (κ2) is 10.0. The average Bonchev–Trinajstić information content (AvgIpc) is 2.83. The molecule has 0 saturated heterocycles. The third-order valence-electron chi connectivity index (χ3n) is 5.38. The topological polar surface area (TPSA) is 104 Å². The molecule has 0 bridgehead atoms. The van der Waals surface area contributed by atoms with E-state index in [1.165, 1.54) is 24.3 Å². The summed E-state index contributed by atoms with van der Waals surface area (Å²) in [6, 6.07) is 25.6. The van der Waals surface area contributed by atoms with Crippen molar-refractivity contribution in [3.8, 4) is 5.75 Å². The van der Waals surface area contributed by atoms with E-state index in [-0.39, 0.29) is 23.6 Å². The molecule has 7 nitrogen and oxygen atoms in total. The Kier molecular flexibility index (Phi) is 6.93. The van der Waals surface area contributed by atoms with Crippen molar-refractivity contribution in [3.63, 3.8) is 0 Å². The SMILES string of the molecule is O=C(O)[C@H](Cc1ccc(O)cc1)N(Cc1ccccc1)OS(=O)(=O)c1ccc2ccccc2c1. The number of rotatable bonds is 9. The zero-order chi connectivity index (χ0) is 24.1. The fourth-order valence-electron chi connectivity index (χ4n) is 3.61. The highest BCUT2D eigenvalue weighted by molar-refractivity contribution is 7.86. The Morgan fingerprint density at radius 1 is 0.824 bits per heavy atom. The number of hydroxylamine groups is 2. The minimum Gasteiger partial charge on any atom is -0.508 e. The van der Waals surface area contributed by atoms with Crippen LogP contribution in [0, 0.1) is 0 Å². The van der Waals surface area contributed by atoms with Crippen molar-refractivity contribution in [2.24, 2.45) is 0 Å². The number of aromatic hydroxyl groups is 1. The summed E-state index contributed by atoms with van der Waals surface area (Å²) in [6.07, 6.45) is -0.0321. The van der Waals surface area contributed by atoms with Gasteiger partial charge >= 0.3 is 16.1 Å². The van der Waals surface area contributed by atoms with Gasteiger partial charge in [-0.1, -0.05) is 72.8 Å². The fraction of sp³-hybridized carbons (Fsp3) is 0.115. The number of nitrogens with zero attached hydrogens (tertiary/aromatic N) is 1. The summed E-state index contributed by atoms with van der Waals surface area (Å²) < 4.78 is 31.9. The Morgan fingerprint density at radius 3 is 2.15 bits per heavy atom. The van der Waals surface area contributed by atoms with Crippen molar-refractivity contribution in [1.29, 1.82) is 0 Å². The van der Waals surface area contributed by atoms with Crippen molar-refractivity contribution in [3.05, 3.63) is 108 Å². The first-order chi connectivity index (χ1) is 16.3. The summed E-state index contributed by atoms with van der Waals surface area (Å²) in [5, 5.41) is 22.1.